The summed E-state index contributed by atoms with van der Waals surface area (Å²) in [6.45, 7) is 10.6. The number of rotatable bonds is 6. The highest BCUT2D eigenvalue weighted by Gasteiger charge is 2.21. The molecule has 0 aromatic carbocycles. The second-order valence-corrected chi connectivity index (χ2v) is 6.20. The molecule has 0 aromatic rings. The molecule has 17 heavy (non-hydrogen) atoms. The minimum atomic E-state index is -0.453. The van der Waals surface area contributed by atoms with Gasteiger partial charge < -0.3 is 15.2 Å². The Morgan fingerprint density at radius 1 is 1.18 bits per heavy atom. The van der Waals surface area contributed by atoms with Gasteiger partial charge in [0.15, 0.2) is 0 Å². The van der Waals surface area contributed by atoms with Crippen LogP contribution in [0.4, 0.5) is 4.79 Å². The fourth-order valence-electron chi connectivity index (χ4n) is 1.43. The van der Waals surface area contributed by atoms with Gasteiger partial charge in [0.05, 0.1) is 0 Å². The number of nitrogens with one attached hydrogen (secondary N) is 1. The lowest BCUT2D eigenvalue weighted by atomic mass is 9.87. The molecule has 0 saturated carbocycles. The number of ether oxygens (including phenoxy) is 1. The average Bonchev–Trinajstić information content (AvgIpc) is 2.13. The number of carbonyl (C=O) groups excluding carboxylic acids is 1. The van der Waals surface area contributed by atoms with E-state index < -0.39 is 5.60 Å². The van der Waals surface area contributed by atoms with Crippen molar-refractivity contribution in [3.05, 3.63) is 0 Å². The minimum absolute atomic E-state index is 0.0338. The third-order valence-electron chi connectivity index (χ3n) is 2.37. The maximum Gasteiger partial charge on any atom is 0.407 e. The van der Waals surface area contributed by atoms with E-state index in [0.717, 1.165) is 19.3 Å². The summed E-state index contributed by atoms with van der Waals surface area (Å²) in [6.07, 6.45) is 2.39. The average molecular weight is 245 g/mol. The summed E-state index contributed by atoms with van der Waals surface area (Å²) in [6, 6.07) is 0. The van der Waals surface area contributed by atoms with Gasteiger partial charge in [-0.05, 0) is 39.0 Å². The van der Waals surface area contributed by atoms with Crippen molar-refractivity contribution >= 4 is 6.09 Å². The van der Waals surface area contributed by atoms with E-state index >= 15 is 0 Å². The molecule has 0 fully saturated rings. The van der Waals surface area contributed by atoms with Crippen LogP contribution < -0.4 is 5.32 Å². The van der Waals surface area contributed by atoms with Crippen molar-refractivity contribution < 1.29 is 14.6 Å². The lowest BCUT2D eigenvalue weighted by molar-refractivity contribution is 0.0503. The van der Waals surface area contributed by atoms with Crippen LogP contribution in [0.1, 0.15) is 53.9 Å². The molecule has 0 rings (SSSR count). The quantitative estimate of drug-likeness (QED) is 0.707. The first-order valence-corrected chi connectivity index (χ1v) is 6.24. The molecule has 0 bridgehead atoms. The van der Waals surface area contributed by atoms with Gasteiger partial charge >= 0.3 is 6.09 Å². The highest BCUT2D eigenvalue weighted by Crippen LogP contribution is 2.22. The molecule has 0 unspecified atom stereocenters. The van der Waals surface area contributed by atoms with Gasteiger partial charge in [-0.3, -0.25) is 0 Å². The largest absolute Gasteiger partial charge is 0.444 e. The molecule has 2 N–H and O–H groups in total. The van der Waals surface area contributed by atoms with Crippen LogP contribution in [0, 0.1) is 5.41 Å². The van der Waals surface area contributed by atoms with Gasteiger partial charge in [-0.2, -0.15) is 0 Å². The van der Waals surface area contributed by atoms with Crippen LogP contribution in [0.5, 0.6) is 0 Å². The second-order valence-electron chi connectivity index (χ2n) is 6.20. The molecule has 1 amide bonds. The highest BCUT2D eigenvalue weighted by molar-refractivity contribution is 5.67. The summed E-state index contributed by atoms with van der Waals surface area (Å²) in [7, 11) is 0. The fraction of sp³-hybridized carbons (Fsp3) is 0.923. The molecule has 0 aliphatic carbocycles. The molecule has 0 saturated heterocycles. The van der Waals surface area contributed by atoms with Gasteiger partial charge in [0.1, 0.15) is 5.60 Å². The van der Waals surface area contributed by atoms with Crippen LogP contribution in [-0.2, 0) is 4.74 Å². The second kappa shape index (κ2) is 6.84. The Bertz CT molecular complexity index is 231. The summed E-state index contributed by atoms with van der Waals surface area (Å²) >= 11 is 0. The van der Waals surface area contributed by atoms with Crippen LogP contribution in [0.25, 0.3) is 0 Å². The topological polar surface area (TPSA) is 58.6 Å². The zero-order chi connectivity index (χ0) is 13.5. The standard InChI is InChI=1S/C13H27NO3/c1-12(2,3)17-11(16)14-10-13(4,5)8-6-7-9-15/h15H,6-10H2,1-5H3,(H,14,16). The molecule has 0 aromatic heterocycles. The predicted octanol–water partition coefficient (Wildman–Crippen LogP) is 2.70. The molecule has 102 valence electrons. The van der Waals surface area contributed by atoms with E-state index in [0.29, 0.717) is 6.54 Å². The van der Waals surface area contributed by atoms with Crippen LogP contribution in [-0.4, -0.2) is 30.0 Å². The molecule has 0 spiro atoms. The first kappa shape index (κ1) is 16.2. The Hall–Kier alpha value is -0.770. The Balaban J connectivity index is 3.88. The molecular formula is C13H27NO3. The molecule has 0 aliphatic heterocycles. The van der Waals surface area contributed by atoms with Gasteiger partial charge in [-0.15, -0.1) is 0 Å². The van der Waals surface area contributed by atoms with Crippen LogP contribution >= 0.6 is 0 Å². The third kappa shape index (κ3) is 10.1. The van der Waals surface area contributed by atoms with Crippen molar-refractivity contribution in [1.29, 1.82) is 0 Å². The van der Waals surface area contributed by atoms with Gasteiger partial charge in [0.2, 0.25) is 0 Å². The van der Waals surface area contributed by atoms with Crippen molar-refractivity contribution in [2.75, 3.05) is 13.2 Å². The first-order chi connectivity index (χ1) is 7.66. The van der Waals surface area contributed by atoms with Crippen molar-refractivity contribution in [3.63, 3.8) is 0 Å². The van der Waals surface area contributed by atoms with E-state index in [-0.39, 0.29) is 18.1 Å². The minimum Gasteiger partial charge on any atom is -0.444 e. The van der Waals surface area contributed by atoms with Crippen molar-refractivity contribution in [2.24, 2.45) is 5.41 Å². The number of hydrogen-bond acceptors (Lipinski definition) is 3. The zero-order valence-electron chi connectivity index (χ0n) is 11.8. The van der Waals surface area contributed by atoms with E-state index in [1.54, 1.807) is 0 Å². The fourth-order valence-corrected chi connectivity index (χ4v) is 1.43. The molecule has 0 atom stereocenters. The molecule has 4 heteroatoms. The van der Waals surface area contributed by atoms with Crippen LogP contribution in [0.15, 0.2) is 0 Å². The SMILES string of the molecule is CC(C)(CCCCO)CNC(=O)OC(C)(C)C. The number of amides is 1. The number of unbranched alkanes of at least 4 members (excludes halogenated alkanes) is 1. The van der Waals surface area contributed by atoms with E-state index in [9.17, 15) is 4.79 Å². The number of carbonyl (C=O) groups is 1. The van der Waals surface area contributed by atoms with Crippen LogP contribution in [0.3, 0.4) is 0 Å². The third-order valence-corrected chi connectivity index (χ3v) is 2.37. The van der Waals surface area contributed by atoms with E-state index in [4.69, 9.17) is 9.84 Å². The lowest BCUT2D eigenvalue weighted by Gasteiger charge is -2.26. The smallest absolute Gasteiger partial charge is 0.407 e. The number of alkyl carbamates (subject to hydrolysis) is 1. The normalized spacial score (nSPS) is 12.4. The highest BCUT2D eigenvalue weighted by atomic mass is 16.6. The van der Waals surface area contributed by atoms with Gasteiger partial charge in [-0.25, -0.2) is 4.79 Å². The Kier molecular flexibility index (Phi) is 6.53. The maximum absolute atomic E-state index is 11.5. The summed E-state index contributed by atoms with van der Waals surface area (Å²) < 4.78 is 5.17. The molecular weight excluding hydrogens is 218 g/mol. The monoisotopic (exact) mass is 245 g/mol. The van der Waals surface area contributed by atoms with Crippen LogP contribution in [0.2, 0.25) is 0 Å². The Labute approximate surface area is 105 Å². The van der Waals surface area contributed by atoms with E-state index in [1.807, 2.05) is 20.8 Å². The molecule has 0 radical (unpaired) electrons. The summed E-state index contributed by atoms with van der Waals surface area (Å²) in [5, 5.41) is 11.5. The number of hydrogen-bond donors (Lipinski definition) is 2. The Morgan fingerprint density at radius 2 is 1.76 bits per heavy atom. The zero-order valence-corrected chi connectivity index (χ0v) is 11.8. The number of aliphatic hydroxyl groups excluding tert-OH is 1. The van der Waals surface area contributed by atoms with Crippen molar-refractivity contribution in [2.45, 2.75) is 59.5 Å². The molecule has 0 heterocycles. The van der Waals surface area contributed by atoms with Crippen molar-refractivity contribution in [1.82, 2.24) is 5.32 Å². The van der Waals surface area contributed by atoms with Gasteiger partial charge in [-0.1, -0.05) is 20.3 Å². The van der Waals surface area contributed by atoms with E-state index in [2.05, 4.69) is 19.2 Å². The lowest BCUT2D eigenvalue weighted by Crippen LogP contribution is -2.38. The van der Waals surface area contributed by atoms with Gasteiger partial charge in [0, 0.05) is 13.2 Å². The molecule has 0 aliphatic rings. The first-order valence-electron chi connectivity index (χ1n) is 6.24. The molecule has 4 nitrogen and oxygen atoms in total. The van der Waals surface area contributed by atoms with Crippen molar-refractivity contribution in [3.8, 4) is 0 Å². The maximum atomic E-state index is 11.5. The number of aliphatic hydroxyl groups is 1. The summed E-state index contributed by atoms with van der Waals surface area (Å²) in [5.74, 6) is 0. The predicted molar refractivity (Wildman–Crippen MR) is 69.0 cm³/mol. The Morgan fingerprint density at radius 3 is 2.24 bits per heavy atom. The summed E-state index contributed by atoms with van der Waals surface area (Å²) in [4.78, 5) is 11.5. The summed E-state index contributed by atoms with van der Waals surface area (Å²) in [5.41, 5.74) is -0.419. The van der Waals surface area contributed by atoms with Gasteiger partial charge in [0.25, 0.3) is 0 Å². The van der Waals surface area contributed by atoms with E-state index in [1.165, 1.54) is 0 Å².